The van der Waals surface area contributed by atoms with E-state index in [4.69, 9.17) is 0 Å². The Morgan fingerprint density at radius 1 is 1.18 bits per heavy atom. The van der Waals surface area contributed by atoms with E-state index in [-0.39, 0.29) is 46.9 Å². The average molecular weight is 480 g/mol. The van der Waals surface area contributed by atoms with Gasteiger partial charge in [0.25, 0.3) is 5.91 Å². The molecule has 2 aromatic heterocycles. The number of ketones is 1. The number of halogens is 5. The fourth-order valence-corrected chi connectivity index (χ4v) is 3.78. The molecule has 12 heteroatoms. The second-order valence-electron chi connectivity index (χ2n) is 7.51. The van der Waals surface area contributed by atoms with Gasteiger partial charge in [-0.25, -0.2) is 9.67 Å². The monoisotopic (exact) mass is 480 g/mol. The number of carbonyl (C=O) groups excluding carboxylic acids is 2. The summed E-state index contributed by atoms with van der Waals surface area (Å²) in [6.07, 6.45) is -3.08. The minimum Gasteiger partial charge on any atom is -0.417 e. The highest BCUT2D eigenvalue weighted by atomic mass is 19.4. The Morgan fingerprint density at radius 2 is 1.94 bits per heavy atom. The minimum atomic E-state index is -4.74. The number of fused-ring (bicyclic) bond motifs is 1. The summed E-state index contributed by atoms with van der Waals surface area (Å²) in [5, 5.41) is 3.68. The molecule has 0 aliphatic heterocycles. The van der Waals surface area contributed by atoms with Gasteiger partial charge >= 0.3 is 12.8 Å². The van der Waals surface area contributed by atoms with Crippen LogP contribution in [0, 0.1) is 0 Å². The molecule has 178 valence electrons. The Kier molecular flexibility index (Phi) is 6.07. The van der Waals surface area contributed by atoms with Crippen molar-refractivity contribution in [2.24, 2.45) is 0 Å². The summed E-state index contributed by atoms with van der Waals surface area (Å²) in [6.45, 7) is -3.09. The second kappa shape index (κ2) is 8.84. The third kappa shape index (κ3) is 4.47. The zero-order valence-electron chi connectivity index (χ0n) is 17.6. The van der Waals surface area contributed by atoms with E-state index in [2.05, 4.69) is 14.8 Å². The number of rotatable bonds is 5. The molecule has 1 aliphatic carbocycles. The molecule has 3 aromatic rings. The highest BCUT2D eigenvalue weighted by Crippen LogP contribution is 2.37. The number of Topliss-reactive ketones (excluding diaryl/α,β-unsaturated/α-hetero) is 1. The molecule has 0 radical (unpaired) electrons. The lowest BCUT2D eigenvalue weighted by Gasteiger charge is -2.19. The molecule has 1 aromatic carbocycles. The first-order valence-electron chi connectivity index (χ1n) is 10.1. The van der Waals surface area contributed by atoms with Crippen LogP contribution in [-0.2, 0) is 12.6 Å². The smallest absolute Gasteiger partial charge is 0.417 e. The van der Waals surface area contributed by atoms with Crippen molar-refractivity contribution < 1.29 is 36.3 Å². The maximum absolute atomic E-state index is 13.5. The van der Waals surface area contributed by atoms with Gasteiger partial charge in [-0.15, -0.1) is 0 Å². The standard InChI is InChI=1S/C22H17F5N4O3/c1-30(13-8-9-28-17(11-13)34-21(23)24)20(33)12-4-2-5-14(10-12)31-18-15(6-3-7-16(18)32)19(29-31)22(25,26)27/h2,4-5,8-11,21H,3,6-7H2,1H3. The van der Waals surface area contributed by atoms with Crippen LogP contribution in [0.2, 0.25) is 0 Å². The molecule has 1 amide bonds. The molecule has 4 rings (SSSR count). The summed E-state index contributed by atoms with van der Waals surface area (Å²) >= 11 is 0. The number of pyridine rings is 1. The van der Waals surface area contributed by atoms with Gasteiger partial charge in [0, 0.05) is 36.9 Å². The highest BCUT2D eigenvalue weighted by Gasteiger charge is 2.41. The van der Waals surface area contributed by atoms with E-state index in [1.807, 2.05) is 0 Å². The average Bonchev–Trinajstić information content (AvgIpc) is 3.20. The van der Waals surface area contributed by atoms with E-state index < -0.39 is 30.2 Å². The molecule has 1 aliphatic rings. The predicted octanol–water partition coefficient (Wildman–Crippen LogP) is 4.68. The summed E-state index contributed by atoms with van der Waals surface area (Å²) < 4.78 is 70.7. The summed E-state index contributed by atoms with van der Waals surface area (Å²) in [6, 6.07) is 8.18. The molecule has 0 bridgehead atoms. The van der Waals surface area contributed by atoms with Crippen molar-refractivity contribution >= 4 is 17.4 Å². The molecule has 34 heavy (non-hydrogen) atoms. The van der Waals surface area contributed by atoms with Gasteiger partial charge in [-0.2, -0.15) is 27.1 Å². The van der Waals surface area contributed by atoms with Crippen LogP contribution in [-0.4, -0.2) is 40.1 Å². The van der Waals surface area contributed by atoms with Gasteiger partial charge in [0.1, 0.15) is 5.69 Å². The number of alkyl halides is 5. The topological polar surface area (TPSA) is 77.3 Å². The molecular formula is C22H17F5N4O3. The SMILES string of the molecule is CN(C(=O)c1cccc(-n2nc(C(F)(F)F)c3c2C(=O)CCC3)c1)c1ccnc(OC(F)F)c1. The lowest BCUT2D eigenvalue weighted by atomic mass is 9.94. The Hall–Kier alpha value is -3.83. The quantitative estimate of drug-likeness (QED) is 0.496. The van der Waals surface area contributed by atoms with Crippen molar-refractivity contribution in [3.05, 3.63) is 65.1 Å². The van der Waals surface area contributed by atoms with Crippen LogP contribution in [0.5, 0.6) is 5.88 Å². The largest absolute Gasteiger partial charge is 0.435 e. The van der Waals surface area contributed by atoms with Crippen LogP contribution >= 0.6 is 0 Å². The minimum absolute atomic E-state index is 0.0718. The molecule has 0 saturated heterocycles. The van der Waals surface area contributed by atoms with Gasteiger partial charge in [0.15, 0.2) is 11.5 Å². The molecule has 7 nitrogen and oxygen atoms in total. The van der Waals surface area contributed by atoms with E-state index >= 15 is 0 Å². The number of amides is 1. The normalized spacial score (nSPS) is 13.7. The predicted molar refractivity (Wildman–Crippen MR) is 109 cm³/mol. The number of aromatic nitrogens is 3. The Morgan fingerprint density at radius 3 is 2.65 bits per heavy atom. The van der Waals surface area contributed by atoms with Crippen LogP contribution in [0.3, 0.4) is 0 Å². The number of nitrogens with zero attached hydrogens (tertiary/aromatic N) is 4. The summed E-state index contributed by atoms with van der Waals surface area (Å²) in [4.78, 5) is 30.3. The fraction of sp³-hybridized carbons (Fsp3) is 0.273. The van der Waals surface area contributed by atoms with E-state index in [9.17, 15) is 31.5 Å². The Labute approximate surface area is 189 Å². The Bertz CT molecular complexity index is 1260. The van der Waals surface area contributed by atoms with Crippen LogP contribution in [0.25, 0.3) is 5.69 Å². The van der Waals surface area contributed by atoms with Gasteiger partial charge in [0.2, 0.25) is 5.88 Å². The summed E-state index contributed by atoms with van der Waals surface area (Å²) in [7, 11) is 1.39. The molecule has 0 spiro atoms. The molecule has 0 fully saturated rings. The van der Waals surface area contributed by atoms with Crippen molar-refractivity contribution in [3.63, 3.8) is 0 Å². The second-order valence-corrected chi connectivity index (χ2v) is 7.51. The van der Waals surface area contributed by atoms with Crippen LogP contribution in [0.15, 0.2) is 42.6 Å². The van der Waals surface area contributed by atoms with Crippen LogP contribution in [0.4, 0.5) is 27.6 Å². The van der Waals surface area contributed by atoms with Gasteiger partial charge in [-0.05, 0) is 37.1 Å². The van der Waals surface area contributed by atoms with E-state index in [1.165, 1.54) is 43.6 Å². The van der Waals surface area contributed by atoms with Gasteiger partial charge in [-0.1, -0.05) is 6.07 Å². The van der Waals surface area contributed by atoms with Crippen molar-refractivity contribution in [2.45, 2.75) is 32.1 Å². The zero-order valence-corrected chi connectivity index (χ0v) is 17.6. The molecule has 0 N–H and O–H groups in total. The number of anilines is 1. The van der Waals surface area contributed by atoms with Crippen molar-refractivity contribution in [3.8, 4) is 11.6 Å². The van der Waals surface area contributed by atoms with Crippen molar-refractivity contribution in [2.75, 3.05) is 11.9 Å². The number of hydrogen-bond acceptors (Lipinski definition) is 5. The number of carbonyl (C=O) groups is 2. The first kappa shape index (κ1) is 23.3. The molecular weight excluding hydrogens is 463 g/mol. The zero-order chi connectivity index (χ0) is 24.6. The molecule has 0 unspecified atom stereocenters. The van der Waals surface area contributed by atoms with Crippen molar-refractivity contribution in [1.82, 2.24) is 14.8 Å². The molecule has 0 saturated carbocycles. The summed E-state index contributed by atoms with van der Waals surface area (Å²) in [5.74, 6) is -1.43. The first-order valence-corrected chi connectivity index (χ1v) is 10.1. The third-order valence-corrected chi connectivity index (χ3v) is 5.30. The van der Waals surface area contributed by atoms with Crippen LogP contribution in [0.1, 0.15) is 44.9 Å². The first-order chi connectivity index (χ1) is 16.1. The lowest BCUT2D eigenvalue weighted by molar-refractivity contribution is -0.142. The highest BCUT2D eigenvalue weighted by molar-refractivity contribution is 6.06. The maximum atomic E-state index is 13.5. The van der Waals surface area contributed by atoms with Gasteiger partial charge in [-0.3, -0.25) is 9.59 Å². The molecule has 2 heterocycles. The number of ether oxygens (including phenoxy) is 1. The third-order valence-electron chi connectivity index (χ3n) is 5.30. The lowest BCUT2D eigenvalue weighted by Crippen LogP contribution is -2.26. The van der Waals surface area contributed by atoms with Gasteiger partial charge < -0.3 is 9.64 Å². The van der Waals surface area contributed by atoms with Gasteiger partial charge in [0.05, 0.1) is 11.4 Å². The number of hydrogen-bond donors (Lipinski definition) is 0. The maximum Gasteiger partial charge on any atom is 0.435 e. The van der Waals surface area contributed by atoms with E-state index in [1.54, 1.807) is 0 Å². The summed E-state index contributed by atoms with van der Waals surface area (Å²) in [5.41, 5.74) is -1.02. The van der Waals surface area contributed by atoms with E-state index in [0.717, 1.165) is 15.6 Å². The van der Waals surface area contributed by atoms with E-state index in [0.29, 0.717) is 6.42 Å². The van der Waals surface area contributed by atoms with Crippen molar-refractivity contribution in [1.29, 1.82) is 0 Å². The molecule has 0 atom stereocenters. The fourth-order valence-electron chi connectivity index (χ4n) is 3.78. The number of benzene rings is 1. The van der Waals surface area contributed by atoms with Crippen LogP contribution < -0.4 is 9.64 Å². The Balaban J connectivity index is 1.70.